The third-order valence-corrected chi connectivity index (χ3v) is 3.07. The Morgan fingerprint density at radius 1 is 1.16 bits per heavy atom. The predicted molar refractivity (Wildman–Crippen MR) is 66.4 cm³/mol. The van der Waals surface area contributed by atoms with Crippen LogP contribution in [0.4, 0.5) is 0 Å². The number of rotatable bonds is 1. The van der Waals surface area contributed by atoms with Crippen LogP contribution in [-0.4, -0.2) is 31.8 Å². The van der Waals surface area contributed by atoms with Crippen molar-refractivity contribution in [2.24, 2.45) is 5.16 Å². The van der Waals surface area contributed by atoms with E-state index in [9.17, 15) is 4.79 Å². The van der Waals surface area contributed by atoms with E-state index in [4.69, 9.17) is 10.3 Å². The molecule has 1 heterocycles. The lowest BCUT2D eigenvalue weighted by molar-refractivity contribution is 0.106. The van der Waals surface area contributed by atoms with Gasteiger partial charge in [-0.2, -0.15) is 0 Å². The van der Waals surface area contributed by atoms with Gasteiger partial charge < -0.3 is 10.3 Å². The summed E-state index contributed by atoms with van der Waals surface area (Å²) in [6.45, 7) is 0. The Kier molecular flexibility index (Phi) is 2.49. The molecule has 0 fully saturated rings. The standard InChI is InChI=1S/C13H9N3O3/c17-12-10-3-7(9-5-14-13(18)15-6-9)1-2-8(10)4-11(12)16-19/h1-3,5-6,19H,4H2,(H,14,15,18)/b16-11-. The number of benzene rings is 1. The lowest BCUT2D eigenvalue weighted by Crippen LogP contribution is -2.06. The lowest BCUT2D eigenvalue weighted by atomic mass is 10.0. The minimum absolute atomic E-state index is 0.147. The lowest BCUT2D eigenvalue weighted by Gasteiger charge is -2.03. The Hall–Kier alpha value is -2.76. The van der Waals surface area contributed by atoms with Crippen molar-refractivity contribution in [3.05, 3.63) is 41.7 Å². The molecule has 2 N–H and O–H groups in total. The van der Waals surface area contributed by atoms with Gasteiger partial charge in [0.25, 0.3) is 0 Å². The summed E-state index contributed by atoms with van der Waals surface area (Å²) in [6.07, 6.45) is 3.30. The first kappa shape index (κ1) is 11.3. The van der Waals surface area contributed by atoms with Crippen molar-refractivity contribution < 1.29 is 15.1 Å². The molecule has 0 radical (unpaired) electrons. The fraction of sp³-hybridized carbons (Fsp3) is 0.0769. The van der Waals surface area contributed by atoms with Crippen LogP contribution in [0.3, 0.4) is 0 Å². The van der Waals surface area contributed by atoms with Gasteiger partial charge in [0.1, 0.15) is 5.71 Å². The molecule has 6 nitrogen and oxygen atoms in total. The molecular weight excluding hydrogens is 246 g/mol. The highest BCUT2D eigenvalue weighted by Crippen LogP contribution is 2.26. The molecule has 1 aliphatic carbocycles. The fourth-order valence-corrected chi connectivity index (χ4v) is 2.09. The maximum Gasteiger partial charge on any atom is 0.313 e. The SMILES string of the molecule is O=C1/C(=N\O)Cc2ccc(-c3cnc(O)nc3)cc21. The van der Waals surface area contributed by atoms with E-state index in [0.29, 0.717) is 17.5 Å². The number of oxime groups is 1. The Balaban J connectivity index is 2.06. The van der Waals surface area contributed by atoms with Crippen molar-refractivity contribution >= 4 is 11.5 Å². The normalized spacial score (nSPS) is 15.8. The number of Topliss-reactive ketones (excluding diaryl/α,β-unsaturated/α-hetero) is 1. The number of aromatic hydroxyl groups is 1. The molecular formula is C13H9N3O3. The maximum atomic E-state index is 11.9. The molecule has 3 rings (SSSR count). The number of aromatic nitrogens is 2. The van der Waals surface area contributed by atoms with Crippen LogP contribution in [0.1, 0.15) is 15.9 Å². The van der Waals surface area contributed by atoms with Gasteiger partial charge in [-0.3, -0.25) is 4.79 Å². The second kappa shape index (κ2) is 4.16. The summed E-state index contributed by atoms with van der Waals surface area (Å²) >= 11 is 0. The molecule has 0 saturated heterocycles. The summed E-state index contributed by atoms with van der Waals surface area (Å²) in [6, 6.07) is 5.07. The van der Waals surface area contributed by atoms with E-state index < -0.39 is 0 Å². The van der Waals surface area contributed by atoms with Crippen LogP contribution in [-0.2, 0) is 6.42 Å². The van der Waals surface area contributed by atoms with Crippen LogP contribution in [0.25, 0.3) is 11.1 Å². The first-order valence-electron chi connectivity index (χ1n) is 5.59. The number of hydrogen-bond acceptors (Lipinski definition) is 6. The summed E-state index contributed by atoms with van der Waals surface area (Å²) < 4.78 is 0. The smallest absolute Gasteiger partial charge is 0.313 e. The van der Waals surface area contributed by atoms with Crippen LogP contribution in [0, 0.1) is 0 Å². The molecule has 6 heteroatoms. The van der Waals surface area contributed by atoms with E-state index in [1.807, 2.05) is 12.1 Å². The molecule has 0 aliphatic heterocycles. The van der Waals surface area contributed by atoms with Crippen LogP contribution in [0.15, 0.2) is 35.7 Å². The molecule has 2 aromatic rings. The fourth-order valence-electron chi connectivity index (χ4n) is 2.09. The van der Waals surface area contributed by atoms with Gasteiger partial charge in [0, 0.05) is 29.9 Å². The molecule has 1 aromatic heterocycles. The summed E-state index contributed by atoms with van der Waals surface area (Å²) in [5.74, 6) is -0.265. The van der Waals surface area contributed by atoms with Crippen LogP contribution in [0.5, 0.6) is 6.01 Å². The van der Waals surface area contributed by atoms with E-state index in [2.05, 4.69) is 15.1 Å². The number of ketones is 1. The van der Waals surface area contributed by atoms with Crippen molar-refractivity contribution in [1.82, 2.24) is 9.97 Å². The predicted octanol–water partition coefficient (Wildman–Crippen LogP) is 1.42. The van der Waals surface area contributed by atoms with Gasteiger partial charge in [0.15, 0.2) is 0 Å². The first-order chi connectivity index (χ1) is 9.19. The molecule has 0 spiro atoms. The highest BCUT2D eigenvalue weighted by Gasteiger charge is 2.27. The summed E-state index contributed by atoms with van der Waals surface area (Å²) in [5, 5.41) is 20.8. The molecule has 0 amide bonds. The molecule has 19 heavy (non-hydrogen) atoms. The summed E-state index contributed by atoms with van der Waals surface area (Å²) in [5.41, 5.74) is 2.97. The molecule has 0 unspecified atom stereocenters. The topological polar surface area (TPSA) is 95.7 Å². The number of hydrogen-bond donors (Lipinski definition) is 2. The molecule has 94 valence electrons. The number of carbonyl (C=O) groups excluding carboxylic acids is 1. The summed E-state index contributed by atoms with van der Waals surface area (Å²) in [4.78, 5) is 19.3. The van der Waals surface area contributed by atoms with Crippen molar-refractivity contribution in [2.75, 3.05) is 0 Å². The van der Waals surface area contributed by atoms with Crippen molar-refractivity contribution in [3.63, 3.8) is 0 Å². The van der Waals surface area contributed by atoms with E-state index in [-0.39, 0.29) is 17.5 Å². The van der Waals surface area contributed by atoms with Crippen LogP contribution < -0.4 is 0 Å². The van der Waals surface area contributed by atoms with Crippen LogP contribution >= 0.6 is 0 Å². The number of fused-ring (bicyclic) bond motifs is 1. The van der Waals surface area contributed by atoms with E-state index in [0.717, 1.165) is 11.1 Å². The highest BCUT2D eigenvalue weighted by atomic mass is 16.4. The quantitative estimate of drug-likeness (QED) is 0.593. The zero-order chi connectivity index (χ0) is 13.4. The molecule has 1 aromatic carbocycles. The van der Waals surface area contributed by atoms with Crippen molar-refractivity contribution in [1.29, 1.82) is 0 Å². The minimum Gasteiger partial charge on any atom is -0.479 e. The second-order valence-corrected chi connectivity index (χ2v) is 4.20. The molecule has 0 atom stereocenters. The number of carbonyl (C=O) groups is 1. The Morgan fingerprint density at radius 2 is 1.89 bits per heavy atom. The third kappa shape index (κ3) is 1.83. The Morgan fingerprint density at radius 3 is 2.58 bits per heavy atom. The maximum absolute atomic E-state index is 11.9. The average Bonchev–Trinajstić information content (AvgIpc) is 2.76. The van der Waals surface area contributed by atoms with Gasteiger partial charge in [0.05, 0.1) is 0 Å². The van der Waals surface area contributed by atoms with Gasteiger partial charge in [-0.1, -0.05) is 17.3 Å². The van der Waals surface area contributed by atoms with E-state index in [1.165, 1.54) is 12.4 Å². The largest absolute Gasteiger partial charge is 0.479 e. The van der Waals surface area contributed by atoms with Crippen molar-refractivity contribution in [3.8, 4) is 17.1 Å². The molecule has 0 saturated carbocycles. The van der Waals surface area contributed by atoms with E-state index in [1.54, 1.807) is 6.07 Å². The average molecular weight is 255 g/mol. The van der Waals surface area contributed by atoms with Gasteiger partial charge >= 0.3 is 6.01 Å². The third-order valence-electron chi connectivity index (χ3n) is 3.07. The van der Waals surface area contributed by atoms with Crippen molar-refractivity contribution in [2.45, 2.75) is 6.42 Å². The Bertz CT molecular complexity index is 693. The van der Waals surface area contributed by atoms with E-state index >= 15 is 0 Å². The second-order valence-electron chi connectivity index (χ2n) is 4.20. The number of nitrogens with zero attached hydrogens (tertiary/aromatic N) is 3. The minimum atomic E-state index is -0.296. The first-order valence-corrected chi connectivity index (χ1v) is 5.59. The zero-order valence-electron chi connectivity index (χ0n) is 9.74. The highest BCUT2D eigenvalue weighted by molar-refractivity contribution is 6.49. The zero-order valence-corrected chi connectivity index (χ0v) is 9.74. The molecule has 0 bridgehead atoms. The van der Waals surface area contributed by atoms with Gasteiger partial charge in [-0.25, -0.2) is 9.97 Å². The molecule has 1 aliphatic rings. The van der Waals surface area contributed by atoms with Gasteiger partial charge in [0.2, 0.25) is 5.78 Å². The van der Waals surface area contributed by atoms with Crippen LogP contribution in [0.2, 0.25) is 0 Å². The monoisotopic (exact) mass is 255 g/mol. The van der Waals surface area contributed by atoms with Gasteiger partial charge in [-0.15, -0.1) is 0 Å². The summed E-state index contributed by atoms with van der Waals surface area (Å²) in [7, 11) is 0. The van der Waals surface area contributed by atoms with Gasteiger partial charge in [-0.05, 0) is 17.2 Å². The Labute approximate surface area is 108 Å².